The van der Waals surface area contributed by atoms with Crippen molar-refractivity contribution in [2.45, 2.75) is 19.0 Å². The molecule has 0 spiro atoms. The average molecular weight is 343 g/mol. The Bertz CT molecular complexity index is 844. The zero-order chi connectivity index (χ0) is 16.5. The lowest BCUT2D eigenvalue weighted by Gasteiger charge is -2.26. The van der Waals surface area contributed by atoms with Gasteiger partial charge in [0.25, 0.3) is 0 Å². The number of halogens is 1. The minimum atomic E-state index is -0.230. The Morgan fingerprint density at radius 1 is 1.42 bits per heavy atom. The van der Waals surface area contributed by atoms with Gasteiger partial charge in [-0.3, -0.25) is 4.68 Å². The van der Waals surface area contributed by atoms with Gasteiger partial charge in [0, 0.05) is 43.4 Å². The highest BCUT2D eigenvalue weighted by Gasteiger charge is 2.22. The maximum Gasteiger partial charge on any atom is 0.124 e. The molecule has 0 radical (unpaired) electrons. The van der Waals surface area contributed by atoms with Crippen LogP contribution in [0.25, 0.3) is 10.6 Å². The maximum atomic E-state index is 13.6. The molecule has 1 N–H and O–H groups in total. The standard InChI is InChI=1S/C18H18FN3OS/c1-22-11-12(18(21-22)17-3-2-8-24-17)10-20-15-6-7-23-16-5-4-13(19)9-14(15)16/h2-5,8-9,11,15,20H,6-7,10H2,1H3/t15-/m0/s1. The van der Waals surface area contributed by atoms with Crippen molar-refractivity contribution in [2.24, 2.45) is 7.05 Å². The summed E-state index contributed by atoms with van der Waals surface area (Å²) in [6.45, 7) is 1.32. The largest absolute Gasteiger partial charge is 0.493 e. The molecule has 1 aliphatic rings. The molecule has 1 aliphatic heterocycles. The van der Waals surface area contributed by atoms with Gasteiger partial charge in [-0.2, -0.15) is 5.10 Å². The second-order valence-corrected chi connectivity index (χ2v) is 6.85. The quantitative estimate of drug-likeness (QED) is 0.781. The minimum Gasteiger partial charge on any atom is -0.493 e. The number of aromatic nitrogens is 2. The molecule has 24 heavy (non-hydrogen) atoms. The molecule has 0 fully saturated rings. The minimum absolute atomic E-state index is 0.0841. The number of hydrogen-bond acceptors (Lipinski definition) is 4. The summed E-state index contributed by atoms with van der Waals surface area (Å²) >= 11 is 1.68. The number of ether oxygens (including phenoxy) is 1. The molecule has 0 aliphatic carbocycles. The normalized spacial score (nSPS) is 16.7. The molecule has 1 atom stereocenters. The van der Waals surface area contributed by atoms with Gasteiger partial charge in [0.1, 0.15) is 17.3 Å². The molecule has 0 saturated heterocycles. The number of rotatable bonds is 4. The van der Waals surface area contributed by atoms with E-state index in [1.807, 2.05) is 24.0 Å². The van der Waals surface area contributed by atoms with Gasteiger partial charge in [-0.1, -0.05) is 6.07 Å². The lowest BCUT2D eigenvalue weighted by Crippen LogP contribution is -2.27. The van der Waals surface area contributed by atoms with Crippen LogP contribution in [0, 0.1) is 5.82 Å². The van der Waals surface area contributed by atoms with Crippen LogP contribution in [0.5, 0.6) is 5.75 Å². The van der Waals surface area contributed by atoms with E-state index < -0.39 is 0 Å². The Morgan fingerprint density at radius 3 is 3.17 bits per heavy atom. The first kappa shape index (κ1) is 15.4. The van der Waals surface area contributed by atoms with E-state index in [9.17, 15) is 4.39 Å². The lowest BCUT2D eigenvalue weighted by atomic mass is 10.00. The van der Waals surface area contributed by atoms with Gasteiger partial charge >= 0.3 is 0 Å². The third-order valence-electron chi connectivity index (χ3n) is 4.21. The molecule has 0 bridgehead atoms. The first-order valence-corrected chi connectivity index (χ1v) is 8.81. The number of benzene rings is 1. The van der Waals surface area contributed by atoms with Crippen LogP contribution < -0.4 is 10.1 Å². The van der Waals surface area contributed by atoms with Crippen molar-refractivity contribution in [3.8, 4) is 16.3 Å². The molecule has 0 unspecified atom stereocenters. The second kappa shape index (κ2) is 6.37. The van der Waals surface area contributed by atoms with Crippen LogP contribution in [-0.4, -0.2) is 16.4 Å². The molecule has 4 rings (SSSR count). The van der Waals surface area contributed by atoms with Crippen molar-refractivity contribution in [1.29, 1.82) is 0 Å². The van der Waals surface area contributed by atoms with Crippen molar-refractivity contribution in [2.75, 3.05) is 6.61 Å². The summed E-state index contributed by atoms with van der Waals surface area (Å²) in [5, 5.41) is 10.2. The van der Waals surface area contributed by atoms with E-state index in [0.717, 1.165) is 33.9 Å². The molecule has 4 nitrogen and oxygen atoms in total. The van der Waals surface area contributed by atoms with E-state index in [0.29, 0.717) is 13.2 Å². The summed E-state index contributed by atoms with van der Waals surface area (Å²) in [5.41, 5.74) is 3.04. The van der Waals surface area contributed by atoms with E-state index >= 15 is 0 Å². The fraction of sp³-hybridized carbons (Fsp3) is 0.278. The molecule has 2 aromatic heterocycles. The number of nitrogens with zero attached hydrogens (tertiary/aromatic N) is 2. The van der Waals surface area contributed by atoms with Crippen LogP contribution in [0.3, 0.4) is 0 Å². The Hall–Kier alpha value is -2.18. The number of nitrogens with one attached hydrogen (secondary N) is 1. The van der Waals surface area contributed by atoms with Crippen LogP contribution in [0.1, 0.15) is 23.6 Å². The molecule has 3 aromatic rings. The fourth-order valence-electron chi connectivity index (χ4n) is 3.10. The third kappa shape index (κ3) is 2.95. The van der Waals surface area contributed by atoms with Crippen LogP contribution in [0.4, 0.5) is 4.39 Å². The molecular formula is C18H18FN3OS. The van der Waals surface area contributed by atoms with E-state index in [1.54, 1.807) is 23.5 Å². The highest BCUT2D eigenvalue weighted by molar-refractivity contribution is 7.13. The van der Waals surface area contributed by atoms with Crippen molar-refractivity contribution in [1.82, 2.24) is 15.1 Å². The maximum absolute atomic E-state index is 13.6. The summed E-state index contributed by atoms with van der Waals surface area (Å²) in [4.78, 5) is 1.16. The van der Waals surface area contributed by atoms with Crippen molar-refractivity contribution in [3.05, 3.63) is 58.9 Å². The van der Waals surface area contributed by atoms with E-state index in [1.165, 1.54) is 6.07 Å². The molecule has 0 saturated carbocycles. The molecule has 124 valence electrons. The van der Waals surface area contributed by atoms with Crippen LogP contribution in [0.15, 0.2) is 41.9 Å². The van der Waals surface area contributed by atoms with Gasteiger partial charge < -0.3 is 10.1 Å². The molecule has 0 amide bonds. The van der Waals surface area contributed by atoms with Gasteiger partial charge in [-0.25, -0.2) is 4.39 Å². The number of thiophene rings is 1. The Labute approximate surface area is 143 Å². The highest BCUT2D eigenvalue weighted by Crippen LogP contribution is 2.33. The zero-order valence-electron chi connectivity index (χ0n) is 13.3. The number of fused-ring (bicyclic) bond motifs is 1. The molecule has 6 heteroatoms. The number of aryl methyl sites for hydroxylation is 1. The summed E-state index contributed by atoms with van der Waals surface area (Å²) < 4.78 is 21.1. The van der Waals surface area contributed by atoms with Crippen molar-refractivity contribution < 1.29 is 9.13 Å². The molecular weight excluding hydrogens is 325 g/mol. The van der Waals surface area contributed by atoms with E-state index in [2.05, 4.69) is 21.9 Å². The SMILES string of the molecule is Cn1cc(CN[C@H]2CCOc3ccc(F)cc32)c(-c2cccs2)n1. The Kier molecular flexibility index (Phi) is 4.08. The van der Waals surface area contributed by atoms with E-state index in [4.69, 9.17) is 4.74 Å². The number of hydrogen-bond donors (Lipinski definition) is 1. The topological polar surface area (TPSA) is 39.1 Å². The van der Waals surface area contributed by atoms with Gasteiger partial charge in [0.15, 0.2) is 0 Å². The third-order valence-corrected chi connectivity index (χ3v) is 5.09. The van der Waals surface area contributed by atoms with Crippen LogP contribution in [0.2, 0.25) is 0 Å². The monoisotopic (exact) mass is 343 g/mol. The Morgan fingerprint density at radius 2 is 2.33 bits per heavy atom. The first-order valence-electron chi connectivity index (χ1n) is 7.93. The van der Waals surface area contributed by atoms with Gasteiger partial charge in [-0.15, -0.1) is 11.3 Å². The van der Waals surface area contributed by atoms with Gasteiger partial charge in [0.2, 0.25) is 0 Å². The first-order chi connectivity index (χ1) is 11.7. The van der Waals surface area contributed by atoms with Gasteiger partial charge in [-0.05, 0) is 29.6 Å². The van der Waals surface area contributed by atoms with Crippen LogP contribution in [-0.2, 0) is 13.6 Å². The lowest BCUT2D eigenvalue weighted by molar-refractivity contribution is 0.251. The zero-order valence-corrected chi connectivity index (χ0v) is 14.1. The van der Waals surface area contributed by atoms with Crippen molar-refractivity contribution in [3.63, 3.8) is 0 Å². The van der Waals surface area contributed by atoms with Gasteiger partial charge in [0.05, 0.1) is 11.5 Å². The predicted molar refractivity (Wildman–Crippen MR) is 92.6 cm³/mol. The van der Waals surface area contributed by atoms with E-state index in [-0.39, 0.29) is 11.9 Å². The molecule has 3 heterocycles. The smallest absolute Gasteiger partial charge is 0.124 e. The average Bonchev–Trinajstić information content (AvgIpc) is 3.22. The summed E-state index contributed by atoms with van der Waals surface area (Å²) in [6.07, 6.45) is 2.86. The predicted octanol–water partition coefficient (Wildman–Crippen LogP) is 3.90. The molecule has 1 aromatic carbocycles. The highest BCUT2D eigenvalue weighted by atomic mass is 32.1. The summed E-state index contributed by atoms with van der Waals surface area (Å²) in [5.74, 6) is 0.538. The summed E-state index contributed by atoms with van der Waals surface area (Å²) in [6, 6.07) is 8.91. The fourth-order valence-corrected chi connectivity index (χ4v) is 3.84. The summed E-state index contributed by atoms with van der Waals surface area (Å²) in [7, 11) is 1.93. The second-order valence-electron chi connectivity index (χ2n) is 5.91. The van der Waals surface area contributed by atoms with Crippen molar-refractivity contribution >= 4 is 11.3 Å². The van der Waals surface area contributed by atoms with Crippen LogP contribution >= 0.6 is 11.3 Å². The Balaban J connectivity index is 1.56.